The van der Waals surface area contributed by atoms with E-state index < -0.39 is 18.3 Å². The minimum absolute atomic E-state index is 0.305. The third-order valence-corrected chi connectivity index (χ3v) is 6.03. The molecule has 0 radical (unpaired) electrons. The Bertz CT molecular complexity index is 934. The largest absolute Gasteiger partial charge is 0.390 e. The van der Waals surface area contributed by atoms with Crippen molar-refractivity contribution in [2.24, 2.45) is 0 Å². The molecular formula is C28H32O5. The number of ether oxygens (including phenoxy) is 4. The molecular weight excluding hydrogens is 416 g/mol. The average Bonchev–Trinajstić information content (AvgIpc) is 2.87. The van der Waals surface area contributed by atoms with Gasteiger partial charge in [-0.2, -0.15) is 0 Å². The van der Waals surface area contributed by atoms with Gasteiger partial charge in [0.25, 0.3) is 0 Å². The highest BCUT2D eigenvalue weighted by molar-refractivity contribution is 5.16. The monoisotopic (exact) mass is 448 g/mol. The third kappa shape index (κ3) is 6.50. The van der Waals surface area contributed by atoms with E-state index in [1.54, 1.807) is 7.11 Å². The zero-order valence-electron chi connectivity index (χ0n) is 19.0. The molecule has 1 saturated carbocycles. The summed E-state index contributed by atoms with van der Waals surface area (Å²) in [5.41, 5.74) is 3.17. The molecule has 33 heavy (non-hydrogen) atoms. The Hall–Kier alpha value is -2.54. The van der Waals surface area contributed by atoms with Gasteiger partial charge in [0.2, 0.25) is 0 Å². The topological polar surface area (TPSA) is 57.2 Å². The molecule has 1 aliphatic carbocycles. The van der Waals surface area contributed by atoms with Crippen molar-refractivity contribution in [3.05, 3.63) is 108 Å². The van der Waals surface area contributed by atoms with Gasteiger partial charge < -0.3 is 24.1 Å². The number of hydrogen-bond acceptors (Lipinski definition) is 5. The number of aliphatic hydroxyl groups excluding tert-OH is 1. The van der Waals surface area contributed by atoms with Crippen LogP contribution in [0.5, 0.6) is 0 Å². The summed E-state index contributed by atoms with van der Waals surface area (Å²) < 4.78 is 24.7. The first-order valence-electron chi connectivity index (χ1n) is 11.4. The lowest BCUT2D eigenvalue weighted by Gasteiger charge is -2.44. The van der Waals surface area contributed by atoms with Crippen LogP contribution < -0.4 is 0 Å². The van der Waals surface area contributed by atoms with Gasteiger partial charge in [0.05, 0.1) is 32.0 Å². The molecule has 0 aromatic heterocycles. The van der Waals surface area contributed by atoms with E-state index in [0.717, 1.165) is 16.7 Å². The molecule has 0 heterocycles. The highest BCUT2D eigenvalue weighted by Crippen LogP contribution is 2.31. The Kier molecular flexibility index (Phi) is 8.64. The minimum atomic E-state index is -0.726. The molecule has 3 aromatic carbocycles. The van der Waals surface area contributed by atoms with Crippen molar-refractivity contribution in [2.75, 3.05) is 7.11 Å². The summed E-state index contributed by atoms with van der Waals surface area (Å²) in [6.07, 6.45) is -2.03. The fourth-order valence-corrected chi connectivity index (χ4v) is 4.25. The van der Waals surface area contributed by atoms with Crippen LogP contribution in [0.3, 0.4) is 0 Å². The van der Waals surface area contributed by atoms with E-state index in [9.17, 15) is 5.11 Å². The summed E-state index contributed by atoms with van der Waals surface area (Å²) in [5.74, 6) is 0. The average molecular weight is 449 g/mol. The van der Waals surface area contributed by atoms with Crippen molar-refractivity contribution in [1.29, 1.82) is 0 Å². The second kappa shape index (κ2) is 12.1. The van der Waals surface area contributed by atoms with Crippen molar-refractivity contribution in [1.82, 2.24) is 0 Å². The Labute approximate surface area is 195 Å². The lowest BCUT2D eigenvalue weighted by Crippen LogP contribution is -2.59. The van der Waals surface area contributed by atoms with Crippen molar-refractivity contribution < 1.29 is 24.1 Å². The van der Waals surface area contributed by atoms with Crippen molar-refractivity contribution in [2.45, 2.75) is 56.8 Å². The first-order chi connectivity index (χ1) is 16.2. The molecule has 1 fully saturated rings. The Morgan fingerprint density at radius 2 is 1.00 bits per heavy atom. The molecule has 5 heteroatoms. The molecule has 0 spiro atoms. The lowest BCUT2D eigenvalue weighted by molar-refractivity contribution is -0.235. The maximum atomic E-state index is 11.0. The zero-order chi connectivity index (χ0) is 22.9. The maximum absolute atomic E-state index is 11.0. The summed E-state index contributed by atoms with van der Waals surface area (Å²) >= 11 is 0. The number of benzene rings is 3. The minimum Gasteiger partial charge on any atom is -0.390 e. The van der Waals surface area contributed by atoms with Gasteiger partial charge in [0, 0.05) is 13.5 Å². The van der Waals surface area contributed by atoms with Crippen LogP contribution in [0.15, 0.2) is 91.0 Å². The molecule has 3 aromatic rings. The van der Waals surface area contributed by atoms with E-state index in [2.05, 4.69) is 0 Å². The third-order valence-electron chi connectivity index (χ3n) is 6.03. The van der Waals surface area contributed by atoms with E-state index in [4.69, 9.17) is 18.9 Å². The van der Waals surface area contributed by atoms with Crippen LogP contribution in [-0.4, -0.2) is 42.7 Å². The van der Waals surface area contributed by atoms with Crippen LogP contribution in [0.25, 0.3) is 0 Å². The number of methoxy groups -OCH3 is 1. The van der Waals surface area contributed by atoms with Crippen LogP contribution in [0.2, 0.25) is 0 Å². The molecule has 0 bridgehead atoms. The van der Waals surface area contributed by atoms with Crippen LogP contribution in [0.4, 0.5) is 0 Å². The van der Waals surface area contributed by atoms with Gasteiger partial charge in [-0.3, -0.25) is 0 Å². The van der Waals surface area contributed by atoms with Gasteiger partial charge in [0.1, 0.15) is 18.3 Å². The summed E-state index contributed by atoms with van der Waals surface area (Å²) in [4.78, 5) is 0. The van der Waals surface area contributed by atoms with E-state index >= 15 is 0 Å². The van der Waals surface area contributed by atoms with Gasteiger partial charge in [-0.15, -0.1) is 0 Å². The standard InChI is InChI=1S/C28H32O5/c1-30-25-17-24(29)26(31-18-21-11-5-2-6-12-21)28(33-20-23-15-9-4-10-16-23)27(25)32-19-22-13-7-3-8-14-22/h2-16,24-29H,17-20H2,1H3/t24?,25-,26+,27-,28-/m0/s1. The van der Waals surface area contributed by atoms with Crippen molar-refractivity contribution in [3.63, 3.8) is 0 Å². The van der Waals surface area contributed by atoms with E-state index in [0.29, 0.717) is 26.2 Å². The van der Waals surface area contributed by atoms with Crippen LogP contribution in [-0.2, 0) is 38.8 Å². The number of aliphatic hydroxyl groups is 1. The van der Waals surface area contributed by atoms with E-state index in [1.807, 2.05) is 91.0 Å². The quantitative estimate of drug-likeness (QED) is 0.494. The second-order valence-corrected chi connectivity index (χ2v) is 8.36. The summed E-state index contributed by atoms with van der Waals surface area (Å²) in [5, 5.41) is 11.0. The van der Waals surface area contributed by atoms with Gasteiger partial charge in [-0.1, -0.05) is 91.0 Å². The lowest BCUT2D eigenvalue weighted by atomic mass is 9.86. The summed E-state index contributed by atoms with van der Waals surface area (Å²) in [6.45, 7) is 1.21. The molecule has 1 N–H and O–H groups in total. The predicted molar refractivity (Wildman–Crippen MR) is 126 cm³/mol. The van der Waals surface area contributed by atoms with Crippen LogP contribution in [0.1, 0.15) is 23.1 Å². The van der Waals surface area contributed by atoms with Crippen molar-refractivity contribution >= 4 is 0 Å². The van der Waals surface area contributed by atoms with E-state index in [1.165, 1.54) is 0 Å². The highest BCUT2D eigenvalue weighted by atomic mass is 16.6. The van der Waals surface area contributed by atoms with Gasteiger partial charge >= 0.3 is 0 Å². The second-order valence-electron chi connectivity index (χ2n) is 8.36. The Morgan fingerprint density at radius 1 is 0.606 bits per heavy atom. The molecule has 1 unspecified atom stereocenters. The fourth-order valence-electron chi connectivity index (χ4n) is 4.25. The first-order valence-corrected chi connectivity index (χ1v) is 11.4. The zero-order valence-corrected chi connectivity index (χ0v) is 19.0. The van der Waals surface area contributed by atoms with Gasteiger partial charge in [-0.25, -0.2) is 0 Å². The smallest absolute Gasteiger partial charge is 0.115 e. The fraction of sp³-hybridized carbons (Fsp3) is 0.357. The Balaban J connectivity index is 1.53. The molecule has 0 aliphatic heterocycles. The van der Waals surface area contributed by atoms with Crippen molar-refractivity contribution in [3.8, 4) is 0 Å². The normalized spacial score (nSPS) is 25.1. The molecule has 4 rings (SSSR count). The summed E-state index contributed by atoms with van der Waals surface area (Å²) in [7, 11) is 1.65. The summed E-state index contributed by atoms with van der Waals surface area (Å²) in [6, 6.07) is 30.0. The molecule has 5 nitrogen and oxygen atoms in total. The first kappa shape index (κ1) is 23.6. The number of hydrogen-bond donors (Lipinski definition) is 1. The molecule has 174 valence electrons. The van der Waals surface area contributed by atoms with E-state index in [-0.39, 0.29) is 12.2 Å². The highest BCUT2D eigenvalue weighted by Gasteiger charge is 2.47. The Morgan fingerprint density at radius 3 is 1.42 bits per heavy atom. The SMILES string of the molecule is CO[C@H]1CC(O)[C@@H](OCc2ccccc2)[C@H](OCc2ccccc2)[C@H]1OCc1ccccc1. The predicted octanol–water partition coefficient (Wildman–Crippen LogP) is 4.52. The molecule has 5 atom stereocenters. The molecule has 0 amide bonds. The molecule has 1 aliphatic rings. The molecule has 0 saturated heterocycles. The van der Waals surface area contributed by atoms with Crippen LogP contribution >= 0.6 is 0 Å². The van der Waals surface area contributed by atoms with Gasteiger partial charge in [-0.05, 0) is 16.7 Å². The van der Waals surface area contributed by atoms with Crippen LogP contribution in [0, 0.1) is 0 Å². The number of rotatable bonds is 10. The van der Waals surface area contributed by atoms with Gasteiger partial charge in [0.15, 0.2) is 0 Å². The maximum Gasteiger partial charge on any atom is 0.115 e.